The largest absolute Gasteiger partial charge is 0.370 e. The van der Waals surface area contributed by atoms with E-state index in [1.807, 2.05) is 11.6 Å². The number of allylic oxidation sites excluding steroid dienone is 5. The van der Waals surface area contributed by atoms with E-state index < -0.39 is 0 Å². The fourth-order valence-corrected chi connectivity index (χ4v) is 1.93. The zero-order valence-electron chi connectivity index (χ0n) is 12.1. The van der Waals surface area contributed by atoms with Gasteiger partial charge in [-0.2, -0.15) is 0 Å². The summed E-state index contributed by atoms with van der Waals surface area (Å²) in [6.45, 7) is 5.49. The fourth-order valence-electron chi connectivity index (χ4n) is 1.72. The first-order valence-corrected chi connectivity index (χ1v) is 7.14. The molecular weight excluding hydrogens is 311 g/mol. The summed E-state index contributed by atoms with van der Waals surface area (Å²) in [5.74, 6) is 1.02. The molecule has 1 amide bonds. The molecule has 0 saturated heterocycles. The molecule has 7 heteroatoms. The van der Waals surface area contributed by atoms with Crippen molar-refractivity contribution in [3.63, 3.8) is 0 Å². The van der Waals surface area contributed by atoms with Crippen molar-refractivity contribution in [1.29, 1.82) is 0 Å². The first-order valence-electron chi connectivity index (χ1n) is 6.38. The minimum absolute atomic E-state index is 0.321. The summed E-state index contributed by atoms with van der Waals surface area (Å²) in [5, 5.41) is 9.20. The fraction of sp³-hybridized carbons (Fsp3) is 0.357. The van der Waals surface area contributed by atoms with Gasteiger partial charge < -0.3 is 10.3 Å². The smallest absolute Gasteiger partial charge is 0.217 e. The molecule has 1 aromatic heterocycles. The van der Waals surface area contributed by atoms with Gasteiger partial charge in [-0.05, 0) is 25.5 Å². The molecule has 1 aromatic rings. The highest BCUT2D eigenvalue weighted by Crippen LogP contribution is 2.24. The summed E-state index contributed by atoms with van der Waals surface area (Å²) in [7, 11) is 1.83. The lowest BCUT2D eigenvalue weighted by Gasteiger charge is -2.06. The summed E-state index contributed by atoms with van der Waals surface area (Å²) >= 11 is 11.8. The van der Waals surface area contributed by atoms with Crippen LogP contribution in [0.25, 0.3) is 5.57 Å². The molecule has 0 aromatic carbocycles. The molecule has 21 heavy (non-hydrogen) atoms. The minimum atomic E-state index is -0.324. The Morgan fingerprint density at radius 3 is 2.57 bits per heavy atom. The Hall–Kier alpha value is -1.59. The average Bonchev–Trinajstić information content (AvgIpc) is 2.71. The van der Waals surface area contributed by atoms with Crippen molar-refractivity contribution in [2.24, 2.45) is 12.8 Å². The van der Waals surface area contributed by atoms with Gasteiger partial charge in [-0.15, -0.1) is 10.2 Å². The van der Waals surface area contributed by atoms with E-state index in [1.165, 1.54) is 0 Å². The lowest BCUT2D eigenvalue weighted by atomic mass is 10.2. The predicted octanol–water partition coefficient (Wildman–Crippen LogP) is 2.90. The Balaban J connectivity index is 2.99. The van der Waals surface area contributed by atoms with Gasteiger partial charge in [0.05, 0.1) is 0 Å². The second-order valence-corrected chi connectivity index (χ2v) is 5.61. The number of amides is 1. The Morgan fingerprint density at radius 1 is 1.38 bits per heavy atom. The van der Waals surface area contributed by atoms with Gasteiger partial charge in [-0.25, -0.2) is 0 Å². The molecule has 114 valence electrons. The van der Waals surface area contributed by atoms with Gasteiger partial charge in [0.2, 0.25) is 5.91 Å². The molecule has 0 saturated carbocycles. The number of nitrogens with two attached hydrogens (primary N) is 1. The van der Waals surface area contributed by atoms with Crippen molar-refractivity contribution in [3.05, 3.63) is 40.4 Å². The van der Waals surface area contributed by atoms with Gasteiger partial charge in [0, 0.05) is 35.5 Å². The van der Waals surface area contributed by atoms with Gasteiger partial charge in [0.1, 0.15) is 5.82 Å². The highest BCUT2D eigenvalue weighted by molar-refractivity contribution is 6.36. The van der Waals surface area contributed by atoms with Crippen LogP contribution in [-0.4, -0.2) is 20.7 Å². The molecule has 0 unspecified atom stereocenters. The first-order chi connectivity index (χ1) is 9.82. The van der Waals surface area contributed by atoms with Crippen LogP contribution in [0.3, 0.4) is 0 Å². The zero-order chi connectivity index (χ0) is 16.0. The second-order valence-electron chi connectivity index (χ2n) is 4.56. The molecular formula is C14H18Cl2N4O. The van der Waals surface area contributed by atoms with E-state index >= 15 is 0 Å². The zero-order valence-corrected chi connectivity index (χ0v) is 13.6. The third-order valence-electron chi connectivity index (χ3n) is 2.80. The molecule has 0 aliphatic heterocycles. The summed E-state index contributed by atoms with van der Waals surface area (Å²) in [4.78, 5) is 10.7. The van der Waals surface area contributed by atoms with Crippen LogP contribution in [0, 0.1) is 0 Å². The van der Waals surface area contributed by atoms with E-state index in [9.17, 15) is 4.79 Å². The maximum absolute atomic E-state index is 10.7. The Kier molecular flexibility index (Phi) is 6.65. The average molecular weight is 329 g/mol. The van der Waals surface area contributed by atoms with E-state index in [4.69, 9.17) is 28.9 Å². The van der Waals surface area contributed by atoms with Crippen LogP contribution in [0.1, 0.15) is 31.4 Å². The van der Waals surface area contributed by atoms with Gasteiger partial charge >= 0.3 is 0 Å². The number of aryl methyl sites for hydroxylation is 1. The van der Waals surface area contributed by atoms with Crippen LogP contribution in [0.5, 0.6) is 0 Å². The quantitative estimate of drug-likeness (QED) is 0.782. The number of carbonyl (C=O) groups is 1. The Bertz CT molecular complexity index is 598. The number of aromatic nitrogens is 3. The minimum Gasteiger partial charge on any atom is -0.370 e. The van der Waals surface area contributed by atoms with E-state index in [2.05, 4.69) is 16.8 Å². The summed E-state index contributed by atoms with van der Waals surface area (Å²) in [5.41, 5.74) is 5.76. The standard InChI is InChI=1S/C14H18Cl2N4O/c1-9(15)7-8-11(10(2)16)14-19-18-13(20(14)3)6-4-5-12(17)21/h7-8H,2,4-6H2,1,3H3,(H2,17,21)/b9-7+,11-8+. The summed E-state index contributed by atoms with van der Waals surface area (Å²) < 4.78 is 1.82. The molecule has 0 aliphatic rings. The first kappa shape index (κ1) is 17.5. The molecule has 5 nitrogen and oxygen atoms in total. The third kappa shape index (κ3) is 5.36. The van der Waals surface area contributed by atoms with E-state index in [-0.39, 0.29) is 5.91 Å². The molecule has 0 bridgehead atoms. The van der Waals surface area contributed by atoms with E-state index in [1.54, 1.807) is 19.1 Å². The summed E-state index contributed by atoms with van der Waals surface area (Å²) in [6.07, 6.45) is 5.02. The molecule has 0 atom stereocenters. The maximum Gasteiger partial charge on any atom is 0.217 e. The van der Waals surface area contributed by atoms with Crippen LogP contribution < -0.4 is 5.73 Å². The number of hydrogen-bond acceptors (Lipinski definition) is 3. The number of primary amides is 1. The molecule has 0 fully saturated rings. The number of rotatable bonds is 7. The molecule has 1 rings (SSSR count). The number of carbonyl (C=O) groups excluding carboxylic acids is 1. The van der Waals surface area contributed by atoms with E-state index in [0.717, 1.165) is 5.82 Å². The lowest BCUT2D eigenvalue weighted by Crippen LogP contribution is -2.11. The van der Waals surface area contributed by atoms with Crippen LogP contribution >= 0.6 is 23.2 Å². The normalized spacial score (nSPS) is 12.6. The Labute approximate surface area is 134 Å². The lowest BCUT2D eigenvalue weighted by molar-refractivity contribution is -0.118. The molecule has 0 radical (unpaired) electrons. The monoisotopic (exact) mass is 328 g/mol. The van der Waals surface area contributed by atoms with Crippen LogP contribution in [0.4, 0.5) is 0 Å². The molecule has 2 N–H and O–H groups in total. The molecule has 1 heterocycles. The van der Waals surface area contributed by atoms with Crippen LogP contribution in [0.15, 0.2) is 28.8 Å². The topological polar surface area (TPSA) is 73.8 Å². The van der Waals surface area contributed by atoms with Gasteiger partial charge in [0.15, 0.2) is 5.82 Å². The van der Waals surface area contributed by atoms with Crippen LogP contribution in [0.2, 0.25) is 0 Å². The van der Waals surface area contributed by atoms with Gasteiger partial charge in [0.25, 0.3) is 0 Å². The highest BCUT2D eigenvalue weighted by atomic mass is 35.5. The number of hydrogen-bond donors (Lipinski definition) is 1. The highest BCUT2D eigenvalue weighted by Gasteiger charge is 2.14. The molecule has 0 aliphatic carbocycles. The van der Waals surface area contributed by atoms with E-state index in [0.29, 0.717) is 40.7 Å². The van der Waals surface area contributed by atoms with Crippen molar-refractivity contribution < 1.29 is 4.79 Å². The number of halogens is 2. The second kappa shape index (κ2) is 8.00. The predicted molar refractivity (Wildman–Crippen MR) is 85.7 cm³/mol. The SMILES string of the molecule is C=C(Cl)/C(=C\C=C(/C)Cl)c1nnc(CCCC(N)=O)n1C. The van der Waals surface area contributed by atoms with Crippen molar-refractivity contribution >= 4 is 34.7 Å². The van der Waals surface area contributed by atoms with Gasteiger partial charge in [-0.3, -0.25) is 4.79 Å². The number of nitrogens with zero attached hydrogens (tertiary/aromatic N) is 3. The van der Waals surface area contributed by atoms with Crippen molar-refractivity contribution in [3.8, 4) is 0 Å². The van der Waals surface area contributed by atoms with Crippen molar-refractivity contribution in [2.45, 2.75) is 26.2 Å². The summed E-state index contributed by atoms with van der Waals surface area (Å²) in [6, 6.07) is 0. The third-order valence-corrected chi connectivity index (χ3v) is 3.13. The maximum atomic E-state index is 10.7. The van der Waals surface area contributed by atoms with Crippen molar-refractivity contribution in [2.75, 3.05) is 0 Å². The van der Waals surface area contributed by atoms with Crippen LogP contribution in [-0.2, 0) is 18.3 Å². The van der Waals surface area contributed by atoms with Gasteiger partial charge in [-0.1, -0.05) is 29.8 Å². The molecule has 0 spiro atoms. The Morgan fingerprint density at radius 2 is 2.05 bits per heavy atom. The van der Waals surface area contributed by atoms with Crippen molar-refractivity contribution in [1.82, 2.24) is 14.8 Å².